The van der Waals surface area contributed by atoms with E-state index in [-0.39, 0.29) is 18.7 Å². The first-order valence-corrected chi connectivity index (χ1v) is 15.5. The van der Waals surface area contributed by atoms with Gasteiger partial charge in [-0.25, -0.2) is 4.79 Å². The molecule has 3 atom stereocenters. The number of carbonyl (C=O) groups excluding carboxylic acids is 3. The van der Waals surface area contributed by atoms with E-state index in [1.807, 2.05) is 99.6 Å². The number of nitrogens with zero attached hydrogens (tertiary/aromatic N) is 2. The number of para-hydroxylation sites is 2. The van der Waals surface area contributed by atoms with Crippen molar-refractivity contribution in [3.8, 4) is 11.5 Å². The Labute approximate surface area is 265 Å². The third-order valence-corrected chi connectivity index (χ3v) is 8.18. The number of carboxylic acid groups (broad SMARTS) is 1. The Morgan fingerprint density at radius 2 is 1.60 bits per heavy atom. The van der Waals surface area contributed by atoms with E-state index in [1.54, 1.807) is 17.9 Å². The standard InChI is InChI=1S/C36H43N3O6/c1-5-6-20-29(33(41)34(42)37-25(2)26-15-9-7-10-16-26)39(35(43)44)31-23-36(3,4)24-38(31)32(40)22-27-17-13-14-21-30(27)45-28-18-11-8-12-19-28/h7-19,21,25,29,31H,5-6,20,22-24H2,1-4H3,(H,37,42)(H,43,44)/t25?,29-,31?/m0/s1. The lowest BCUT2D eigenvalue weighted by atomic mass is 9.91. The third kappa shape index (κ3) is 8.50. The maximum atomic E-state index is 14.0. The lowest BCUT2D eigenvalue weighted by molar-refractivity contribution is -0.144. The van der Waals surface area contributed by atoms with Crippen LogP contribution in [0.3, 0.4) is 0 Å². The van der Waals surface area contributed by atoms with Crippen LogP contribution in [0.15, 0.2) is 84.9 Å². The first-order valence-electron chi connectivity index (χ1n) is 15.5. The maximum Gasteiger partial charge on any atom is 0.409 e. The minimum Gasteiger partial charge on any atom is -0.465 e. The topological polar surface area (TPSA) is 116 Å². The van der Waals surface area contributed by atoms with Crippen molar-refractivity contribution in [1.82, 2.24) is 15.1 Å². The van der Waals surface area contributed by atoms with Gasteiger partial charge in [0.15, 0.2) is 0 Å². The Balaban J connectivity index is 1.60. The van der Waals surface area contributed by atoms with Crippen molar-refractivity contribution in [2.24, 2.45) is 5.41 Å². The highest BCUT2D eigenvalue weighted by atomic mass is 16.5. The van der Waals surface area contributed by atoms with Crippen LogP contribution in [0.4, 0.5) is 4.79 Å². The Hall–Kier alpha value is -4.66. The number of ether oxygens (including phenoxy) is 1. The van der Waals surface area contributed by atoms with Gasteiger partial charge in [0.1, 0.15) is 23.7 Å². The van der Waals surface area contributed by atoms with Crippen molar-refractivity contribution >= 4 is 23.7 Å². The molecule has 0 radical (unpaired) electrons. The van der Waals surface area contributed by atoms with E-state index in [9.17, 15) is 24.3 Å². The highest BCUT2D eigenvalue weighted by Crippen LogP contribution is 2.38. The van der Waals surface area contributed by atoms with Crippen LogP contribution in [0.1, 0.15) is 70.5 Å². The molecule has 238 valence electrons. The molecule has 2 N–H and O–H groups in total. The molecule has 1 aliphatic heterocycles. The number of likely N-dealkylation sites (tertiary alicyclic amines) is 1. The Morgan fingerprint density at radius 1 is 0.978 bits per heavy atom. The molecule has 45 heavy (non-hydrogen) atoms. The molecule has 0 saturated carbocycles. The van der Waals surface area contributed by atoms with E-state index in [4.69, 9.17) is 4.74 Å². The van der Waals surface area contributed by atoms with Gasteiger partial charge in [-0.2, -0.15) is 0 Å². The van der Waals surface area contributed by atoms with Crippen LogP contribution in [0.25, 0.3) is 0 Å². The minimum absolute atomic E-state index is 0.0221. The second kappa shape index (κ2) is 14.9. The van der Waals surface area contributed by atoms with Gasteiger partial charge in [0.2, 0.25) is 11.7 Å². The summed E-state index contributed by atoms with van der Waals surface area (Å²) in [5.41, 5.74) is 1.06. The third-order valence-electron chi connectivity index (χ3n) is 8.18. The van der Waals surface area contributed by atoms with Crippen LogP contribution in [0.5, 0.6) is 11.5 Å². The van der Waals surface area contributed by atoms with Crippen LogP contribution in [0, 0.1) is 5.41 Å². The van der Waals surface area contributed by atoms with Gasteiger partial charge in [-0.3, -0.25) is 19.3 Å². The SMILES string of the molecule is CCCC[C@@H](C(=O)C(=O)NC(C)c1ccccc1)N(C(=O)O)C1CC(C)(C)CN1C(=O)Cc1ccccc1Oc1ccccc1. The summed E-state index contributed by atoms with van der Waals surface area (Å²) < 4.78 is 6.07. The normalized spacial score (nSPS) is 16.8. The Kier molecular flexibility index (Phi) is 11.0. The van der Waals surface area contributed by atoms with E-state index in [0.717, 1.165) is 10.5 Å². The molecule has 9 heteroatoms. The fourth-order valence-corrected chi connectivity index (χ4v) is 5.87. The number of hydrogen-bond acceptors (Lipinski definition) is 5. The zero-order chi connectivity index (χ0) is 32.6. The van der Waals surface area contributed by atoms with Crippen LogP contribution in [-0.2, 0) is 20.8 Å². The van der Waals surface area contributed by atoms with Crippen molar-refractivity contribution in [2.75, 3.05) is 6.54 Å². The molecule has 2 unspecified atom stereocenters. The summed E-state index contributed by atoms with van der Waals surface area (Å²) in [7, 11) is 0. The molecular weight excluding hydrogens is 570 g/mol. The predicted molar refractivity (Wildman–Crippen MR) is 172 cm³/mol. The smallest absolute Gasteiger partial charge is 0.409 e. The van der Waals surface area contributed by atoms with Gasteiger partial charge in [-0.05, 0) is 48.9 Å². The number of Topliss-reactive ketones (excluding diaryl/α,β-unsaturated/α-hetero) is 1. The van der Waals surface area contributed by atoms with Crippen molar-refractivity contribution < 1.29 is 29.0 Å². The second-order valence-electron chi connectivity index (χ2n) is 12.4. The monoisotopic (exact) mass is 613 g/mol. The van der Waals surface area contributed by atoms with Crippen molar-refractivity contribution in [1.29, 1.82) is 0 Å². The summed E-state index contributed by atoms with van der Waals surface area (Å²) in [6, 6.07) is 24.1. The predicted octanol–water partition coefficient (Wildman–Crippen LogP) is 6.59. The Morgan fingerprint density at radius 3 is 2.24 bits per heavy atom. The molecule has 3 aromatic carbocycles. The number of amides is 3. The summed E-state index contributed by atoms with van der Waals surface area (Å²) in [5.74, 6) is -0.799. The number of nitrogens with one attached hydrogen (secondary N) is 1. The number of ketones is 1. The minimum atomic E-state index is -1.35. The molecule has 4 rings (SSSR count). The number of benzene rings is 3. The lowest BCUT2D eigenvalue weighted by Gasteiger charge is -2.38. The van der Waals surface area contributed by atoms with Gasteiger partial charge in [-0.1, -0.05) is 100 Å². The number of unbranched alkanes of at least 4 members (excludes halogenated alkanes) is 1. The van der Waals surface area contributed by atoms with Crippen molar-refractivity contribution in [2.45, 2.75) is 78.0 Å². The van der Waals surface area contributed by atoms with Crippen LogP contribution >= 0.6 is 0 Å². The average Bonchev–Trinajstić information content (AvgIpc) is 3.35. The van der Waals surface area contributed by atoms with E-state index in [0.29, 0.717) is 42.9 Å². The molecule has 3 aromatic rings. The molecule has 1 heterocycles. The first-order chi connectivity index (χ1) is 21.5. The molecule has 1 saturated heterocycles. The largest absolute Gasteiger partial charge is 0.465 e. The molecule has 1 aliphatic rings. The van der Waals surface area contributed by atoms with Crippen molar-refractivity contribution in [3.05, 3.63) is 96.1 Å². The first kappa shape index (κ1) is 33.2. The van der Waals surface area contributed by atoms with Crippen LogP contribution in [-0.4, -0.2) is 57.3 Å². The summed E-state index contributed by atoms with van der Waals surface area (Å²) in [5, 5.41) is 13.3. The van der Waals surface area contributed by atoms with Gasteiger partial charge in [-0.15, -0.1) is 0 Å². The molecule has 9 nitrogen and oxygen atoms in total. The molecule has 0 aliphatic carbocycles. The van der Waals surface area contributed by atoms with E-state index in [2.05, 4.69) is 5.32 Å². The van der Waals surface area contributed by atoms with Gasteiger partial charge >= 0.3 is 6.09 Å². The van der Waals surface area contributed by atoms with Gasteiger partial charge in [0.25, 0.3) is 5.91 Å². The highest BCUT2D eigenvalue weighted by molar-refractivity contribution is 6.38. The van der Waals surface area contributed by atoms with E-state index < -0.39 is 41.4 Å². The maximum absolute atomic E-state index is 14.0. The van der Waals surface area contributed by atoms with Gasteiger partial charge in [0.05, 0.1) is 12.5 Å². The zero-order valence-corrected chi connectivity index (χ0v) is 26.4. The van der Waals surface area contributed by atoms with Crippen molar-refractivity contribution in [3.63, 3.8) is 0 Å². The Bertz CT molecular complexity index is 1480. The number of carbonyl (C=O) groups is 4. The fourth-order valence-electron chi connectivity index (χ4n) is 5.87. The zero-order valence-electron chi connectivity index (χ0n) is 26.4. The molecule has 0 bridgehead atoms. The number of hydrogen-bond donors (Lipinski definition) is 2. The molecule has 0 spiro atoms. The van der Waals surface area contributed by atoms with Crippen LogP contribution < -0.4 is 10.1 Å². The summed E-state index contributed by atoms with van der Waals surface area (Å²) >= 11 is 0. The average molecular weight is 614 g/mol. The quantitative estimate of drug-likeness (QED) is 0.210. The van der Waals surface area contributed by atoms with Gasteiger partial charge < -0.3 is 20.1 Å². The molecule has 0 aromatic heterocycles. The molecular formula is C36H43N3O6. The second-order valence-corrected chi connectivity index (χ2v) is 12.4. The molecule has 1 fully saturated rings. The van der Waals surface area contributed by atoms with Gasteiger partial charge in [0, 0.05) is 12.1 Å². The summed E-state index contributed by atoms with van der Waals surface area (Å²) in [4.78, 5) is 56.5. The fraction of sp³-hybridized carbons (Fsp3) is 0.389. The molecule has 3 amide bonds. The highest BCUT2D eigenvalue weighted by Gasteiger charge is 2.48. The van der Waals surface area contributed by atoms with Crippen LogP contribution in [0.2, 0.25) is 0 Å². The van der Waals surface area contributed by atoms with E-state index in [1.165, 1.54) is 0 Å². The summed E-state index contributed by atoms with van der Waals surface area (Å²) in [6.07, 6.45) is -0.552. The lowest BCUT2D eigenvalue weighted by Crippen LogP contribution is -2.58. The summed E-state index contributed by atoms with van der Waals surface area (Å²) in [6.45, 7) is 7.95. The number of rotatable bonds is 13. The van der Waals surface area contributed by atoms with E-state index >= 15 is 0 Å².